The molecule has 0 fully saturated rings. The summed E-state index contributed by atoms with van der Waals surface area (Å²) in [7, 11) is 0. The Morgan fingerprint density at radius 2 is 1.89 bits per heavy atom. The first kappa shape index (κ1) is 17.8. The van der Waals surface area contributed by atoms with Gasteiger partial charge in [-0.3, -0.25) is 20.1 Å². The lowest BCUT2D eigenvalue weighted by molar-refractivity contribution is 0.101. The van der Waals surface area contributed by atoms with Crippen molar-refractivity contribution in [3.05, 3.63) is 95.3 Å². The van der Waals surface area contributed by atoms with Gasteiger partial charge in [-0.25, -0.2) is 4.98 Å². The zero-order valence-corrected chi connectivity index (χ0v) is 15.7. The van der Waals surface area contributed by atoms with Crippen LogP contribution in [-0.2, 0) is 6.54 Å². The molecule has 4 rings (SSSR count). The van der Waals surface area contributed by atoms with Crippen molar-refractivity contribution in [2.24, 2.45) is 0 Å². The second kappa shape index (κ2) is 8.41. The number of nitrogens with one attached hydrogen (secondary N) is 1. The van der Waals surface area contributed by atoms with Gasteiger partial charge >= 0.3 is 0 Å². The molecule has 1 N–H and O–H groups in total. The van der Waals surface area contributed by atoms with Crippen LogP contribution in [0, 0.1) is 0 Å². The standard InChI is InChI=1S/C21H17N5OS/c27-20(19-5-3-13-26(19)14-16-8-11-22-12-9-16)25-21-24-18(15-28-21)7-6-17-4-1-2-10-23-17/h1-13,15H,14H2,(H,24,25,27)/b7-6+. The Morgan fingerprint density at radius 3 is 2.71 bits per heavy atom. The van der Waals surface area contributed by atoms with E-state index >= 15 is 0 Å². The first-order chi connectivity index (χ1) is 13.8. The zero-order chi connectivity index (χ0) is 19.2. The highest BCUT2D eigenvalue weighted by Gasteiger charge is 2.13. The van der Waals surface area contributed by atoms with Gasteiger partial charge in [0.25, 0.3) is 5.91 Å². The summed E-state index contributed by atoms with van der Waals surface area (Å²) in [4.78, 5) is 25.4. The third-order valence-electron chi connectivity index (χ3n) is 4.02. The quantitative estimate of drug-likeness (QED) is 0.538. The van der Waals surface area contributed by atoms with Crippen LogP contribution in [0.25, 0.3) is 12.2 Å². The van der Waals surface area contributed by atoms with E-state index in [1.807, 2.05) is 64.7 Å². The van der Waals surface area contributed by atoms with E-state index in [-0.39, 0.29) is 5.91 Å². The number of hydrogen-bond acceptors (Lipinski definition) is 5. The van der Waals surface area contributed by atoms with Gasteiger partial charge in [0.1, 0.15) is 5.69 Å². The van der Waals surface area contributed by atoms with Crippen LogP contribution in [-0.4, -0.2) is 25.4 Å². The third kappa shape index (κ3) is 4.39. The molecule has 0 atom stereocenters. The number of thiazole rings is 1. The fourth-order valence-electron chi connectivity index (χ4n) is 2.67. The molecule has 28 heavy (non-hydrogen) atoms. The van der Waals surface area contributed by atoms with E-state index in [2.05, 4.69) is 20.3 Å². The summed E-state index contributed by atoms with van der Waals surface area (Å²) in [5, 5.41) is 5.33. The molecule has 0 radical (unpaired) electrons. The molecule has 0 saturated heterocycles. The number of aromatic nitrogens is 4. The first-order valence-corrected chi connectivity index (χ1v) is 9.56. The molecule has 4 heterocycles. The minimum absolute atomic E-state index is 0.186. The highest BCUT2D eigenvalue weighted by Crippen LogP contribution is 2.18. The lowest BCUT2D eigenvalue weighted by Crippen LogP contribution is -2.17. The Kier molecular flexibility index (Phi) is 5.35. The molecular weight excluding hydrogens is 370 g/mol. The molecule has 4 aromatic rings. The maximum absolute atomic E-state index is 12.7. The molecule has 1 amide bonds. The molecule has 0 aromatic carbocycles. The maximum Gasteiger partial charge on any atom is 0.274 e. The van der Waals surface area contributed by atoms with E-state index in [0.717, 1.165) is 17.0 Å². The summed E-state index contributed by atoms with van der Waals surface area (Å²) in [6.07, 6.45) is 10.9. The summed E-state index contributed by atoms with van der Waals surface area (Å²) >= 11 is 1.39. The maximum atomic E-state index is 12.7. The molecule has 0 saturated carbocycles. The SMILES string of the molecule is O=C(Nc1nc(/C=C/c2ccccn2)cs1)c1cccn1Cc1ccncc1. The van der Waals surface area contributed by atoms with E-state index in [0.29, 0.717) is 17.4 Å². The van der Waals surface area contributed by atoms with Crippen molar-refractivity contribution < 1.29 is 4.79 Å². The monoisotopic (exact) mass is 387 g/mol. The van der Waals surface area contributed by atoms with Crippen LogP contribution in [0.2, 0.25) is 0 Å². The molecule has 0 unspecified atom stereocenters. The van der Waals surface area contributed by atoms with Gasteiger partial charge in [0.15, 0.2) is 5.13 Å². The lowest BCUT2D eigenvalue weighted by Gasteiger charge is -2.08. The molecule has 7 heteroatoms. The molecule has 138 valence electrons. The van der Waals surface area contributed by atoms with E-state index < -0.39 is 0 Å². The van der Waals surface area contributed by atoms with Crippen molar-refractivity contribution >= 4 is 34.5 Å². The summed E-state index contributed by atoms with van der Waals surface area (Å²) in [5.41, 5.74) is 3.29. The van der Waals surface area contributed by atoms with E-state index in [1.165, 1.54) is 11.3 Å². The van der Waals surface area contributed by atoms with Gasteiger partial charge in [0.2, 0.25) is 0 Å². The molecule has 0 aliphatic rings. The Morgan fingerprint density at radius 1 is 1.04 bits per heavy atom. The molecule has 0 aliphatic carbocycles. The van der Waals surface area contributed by atoms with Gasteiger partial charge in [0.05, 0.1) is 11.4 Å². The van der Waals surface area contributed by atoms with Crippen LogP contribution in [0.4, 0.5) is 5.13 Å². The molecule has 0 bridgehead atoms. The molecule has 0 spiro atoms. The van der Waals surface area contributed by atoms with Gasteiger partial charge < -0.3 is 4.57 Å². The van der Waals surface area contributed by atoms with Gasteiger partial charge in [-0.05, 0) is 54.1 Å². The topological polar surface area (TPSA) is 72.7 Å². The zero-order valence-electron chi connectivity index (χ0n) is 14.9. The highest BCUT2D eigenvalue weighted by molar-refractivity contribution is 7.14. The van der Waals surface area contributed by atoms with Crippen LogP contribution < -0.4 is 5.32 Å². The largest absolute Gasteiger partial charge is 0.339 e. The summed E-state index contributed by atoms with van der Waals surface area (Å²) < 4.78 is 1.90. The number of rotatable bonds is 6. The fraction of sp³-hybridized carbons (Fsp3) is 0.0476. The number of carbonyl (C=O) groups is 1. The van der Waals surface area contributed by atoms with Crippen LogP contribution in [0.5, 0.6) is 0 Å². The van der Waals surface area contributed by atoms with Crippen LogP contribution in [0.1, 0.15) is 27.4 Å². The first-order valence-electron chi connectivity index (χ1n) is 8.68. The fourth-order valence-corrected chi connectivity index (χ4v) is 3.34. The normalized spacial score (nSPS) is 11.0. The van der Waals surface area contributed by atoms with Crippen LogP contribution >= 0.6 is 11.3 Å². The average molecular weight is 387 g/mol. The Labute approximate surface area is 166 Å². The van der Waals surface area contributed by atoms with Gasteiger partial charge in [-0.15, -0.1) is 11.3 Å². The number of hydrogen-bond donors (Lipinski definition) is 1. The number of amides is 1. The number of anilines is 1. The van der Waals surface area contributed by atoms with Crippen LogP contribution in [0.3, 0.4) is 0 Å². The summed E-state index contributed by atoms with van der Waals surface area (Å²) in [5.74, 6) is -0.186. The highest BCUT2D eigenvalue weighted by atomic mass is 32.1. The van der Waals surface area contributed by atoms with Crippen molar-refractivity contribution in [2.75, 3.05) is 5.32 Å². The molecular formula is C21H17N5OS. The molecule has 6 nitrogen and oxygen atoms in total. The third-order valence-corrected chi connectivity index (χ3v) is 4.80. The lowest BCUT2D eigenvalue weighted by atomic mass is 10.2. The second-order valence-electron chi connectivity index (χ2n) is 6.00. The Hall–Kier alpha value is -3.58. The number of nitrogens with zero attached hydrogens (tertiary/aromatic N) is 4. The number of pyridine rings is 2. The number of carbonyl (C=O) groups excluding carboxylic acids is 1. The van der Waals surface area contributed by atoms with Crippen molar-refractivity contribution in [2.45, 2.75) is 6.54 Å². The molecule has 0 aliphatic heterocycles. The van der Waals surface area contributed by atoms with Gasteiger partial charge in [0, 0.05) is 36.7 Å². The van der Waals surface area contributed by atoms with Crippen LogP contribution in [0.15, 0.2) is 72.6 Å². The smallest absolute Gasteiger partial charge is 0.274 e. The second-order valence-corrected chi connectivity index (χ2v) is 6.85. The Balaban J connectivity index is 1.43. The van der Waals surface area contributed by atoms with Gasteiger partial charge in [-0.1, -0.05) is 6.07 Å². The van der Waals surface area contributed by atoms with E-state index in [4.69, 9.17) is 0 Å². The molecule has 4 aromatic heterocycles. The van der Waals surface area contributed by atoms with Gasteiger partial charge in [-0.2, -0.15) is 0 Å². The Bertz CT molecular complexity index is 1090. The van der Waals surface area contributed by atoms with Crippen molar-refractivity contribution in [1.29, 1.82) is 0 Å². The predicted molar refractivity (Wildman–Crippen MR) is 111 cm³/mol. The predicted octanol–water partition coefficient (Wildman–Crippen LogP) is 4.21. The van der Waals surface area contributed by atoms with Crippen molar-refractivity contribution in [1.82, 2.24) is 19.5 Å². The van der Waals surface area contributed by atoms with E-state index in [1.54, 1.807) is 24.7 Å². The van der Waals surface area contributed by atoms with Crippen molar-refractivity contribution in [3.8, 4) is 0 Å². The summed E-state index contributed by atoms with van der Waals surface area (Å²) in [6.45, 7) is 0.605. The summed E-state index contributed by atoms with van der Waals surface area (Å²) in [6, 6.07) is 13.2. The average Bonchev–Trinajstić information content (AvgIpc) is 3.37. The minimum Gasteiger partial charge on any atom is -0.339 e. The van der Waals surface area contributed by atoms with E-state index in [9.17, 15) is 4.79 Å². The van der Waals surface area contributed by atoms with Crippen molar-refractivity contribution in [3.63, 3.8) is 0 Å². The minimum atomic E-state index is -0.186.